The van der Waals surface area contributed by atoms with Gasteiger partial charge >= 0.3 is 0 Å². The van der Waals surface area contributed by atoms with Crippen LogP contribution in [0.25, 0.3) is 10.8 Å². The minimum atomic E-state index is -3.70. The fourth-order valence-corrected chi connectivity index (χ4v) is 6.12. The molecule has 3 aromatic carbocycles. The minimum Gasteiger partial charge on any atom is -0.306 e. The second kappa shape index (κ2) is 10.7. The number of fused-ring (bicyclic) bond motifs is 1. The van der Waals surface area contributed by atoms with E-state index in [0.29, 0.717) is 5.02 Å². The van der Waals surface area contributed by atoms with Gasteiger partial charge in [0.25, 0.3) is 0 Å². The van der Waals surface area contributed by atoms with Gasteiger partial charge < -0.3 is 5.32 Å². The average Bonchev–Trinajstić information content (AvgIpc) is 2.76. The number of benzene rings is 3. The van der Waals surface area contributed by atoms with Crippen LogP contribution in [0.5, 0.6) is 0 Å². The van der Waals surface area contributed by atoms with E-state index < -0.39 is 10.0 Å². The summed E-state index contributed by atoms with van der Waals surface area (Å²) < 4.78 is 28.9. The quantitative estimate of drug-likeness (QED) is 0.395. The van der Waals surface area contributed by atoms with Crippen molar-refractivity contribution in [2.24, 2.45) is 0 Å². The number of hydrogen-bond donors (Lipinski definition) is 2. The molecule has 2 N–H and O–H groups in total. The van der Waals surface area contributed by atoms with Crippen LogP contribution >= 0.6 is 35.6 Å². The summed E-state index contributed by atoms with van der Waals surface area (Å²) in [6.45, 7) is 2.14. The molecule has 8 heteroatoms. The molecule has 1 aliphatic rings. The van der Waals surface area contributed by atoms with Gasteiger partial charge in [0.05, 0.1) is 14.9 Å². The summed E-state index contributed by atoms with van der Waals surface area (Å²) in [6, 6.07) is 19.0. The molecule has 1 unspecified atom stereocenters. The molecule has 0 heterocycles. The molecule has 1 aliphatic carbocycles. The van der Waals surface area contributed by atoms with Crippen molar-refractivity contribution < 1.29 is 8.42 Å². The van der Waals surface area contributed by atoms with E-state index in [1.54, 1.807) is 0 Å². The molecule has 0 aliphatic heterocycles. The van der Waals surface area contributed by atoms with Gasteiger partial charge in [-0.25, -0.2) is 13.1 Å². The fourth-order valence-electron chi connectivity index (χ4n) is 4.42. The van der Waals surface area contributed by atoms with Gasteiger partial charge in [0, 0.05) is 18.1 Å². The van der Waals surface area contributed by atoms with Crippen molar-refractivity contribution in [2.75, 3.05) is 0 Å². The molecule has 0 saturated heterocycles. The molecule has 4 nitrogen and oxygen atoms in total. The molecule has 0 bridgehead atoms. The molecule has 0 spiro atoms. The highest BCUT2D eigenvalue weighted by molar-refractivity contribution is 7.89. The Morgan fingerprint density at radius 1 is 0.906 bits per heavy atom. The SMILES string of the molecule is CC(N[C@@H]1CCCC[C@H]1NS(=O)(=O)c1ccc(Cl)c(Cl)c1)c1cccc2ccccc12.Cl. The standard InChI is InChI=1S/C24H26Cl2N2O2S.ClH/c1-16(19-10-6-8-17-7-2-3-9-20(17)19)27-23-11-4-5-12-24(23)28-31(29,30)18-13-14-21(25)22(26)15-18;/h2-3,6-10,13-16,23-24,27-28H,4-5,11-12H2,1H3;1H/t16?,23-,24-;/m1./s1. The fraction of sp³-hybridized carbons (Fsp3) is 0.333. The highest BCUT2D eigenvalue weighted by Gasteiger charge is 2.31. The zero-order valence-corrected chi connectivity index (χ0v) is 20.9. The Balaban J connectivity index is 0.00000289. The first-order valence-electron chi connectivity index (χ1n) is 10.6. The van der Waals surface area contributed by atoms with Crippen molar-refractivity contribution in [3.05, 3.63) is 76.3 Å². The highest BCUT2D eigenvalue weighted by Crippen LogP contribution is 2.29. The molecule has 0 amide bonds. The van der Waals surface area contributed by atoms with Crippen LogP contribution in [0.15, 0.2) is 65.6 Å². The third-order valence-electron chi connectivity index (χ3n) is 6.03. The van der Waals surface area contributed by atoms with Crippen molar-refractivity contribution in [3.63, 3.8) is 0 Å². The summed E-state index contributed by atoms with van der Waals surface area (Å²) >= 11 is 12.0. The molecule has 1 saturated carbocycles. The van der Waals surface area contributed by atoms with E-state index in [9.17, 15) is 8.42 Å². The van der Waals surface area contributed by atoms with Crippen LogP contribution in [0, 0.1) is 0 Å². The zero-order chi connectivity index (χ0) is 22.0. The van der Waals surface area contributed by atoms with E-state index in [1.807, 2.05) is 12.1 Å². The molecule has 0 aromatic heterocycles. The monoisotopic (exact) mass is 512 g/mol. The van der Waals surface area contributed by atoms with Crippen molar-refractivity contribution in [2.45, 2.75) is 55.6 Å². The lowest BCUT2D eigenvalue weighted by Gasteiger charge is -2.35. The molecule has 4 rings (SSSR count). The third kappa shape index (κ3) is 5.58. The molecule has 0 radical (unpaired) electrons. The van der Waals surface area contributed by atoms with Crippen molar-refractivity contribution in [1.29, 1.82) is 0 Å². The van der Waals surface area contributed by atoms with E-state index in [4.69, 9.17) is 23.2 Å². The normalized spacial score (nSPS) is 20.0. The summed E-state index contributed by atoms with van der Waals surface area (Å²) in [5.74, 6) is 0. The van der Waals surface area contributed by atoms with Gasteiger partial charge in [0.2, 0.25) is 10.0 Å². The van der Waals surface area contributed by atoms with Gasteiger partial charge in [0.1, 0.15) is 0 Å². The van der Waals surface area contributed by atoms with E-state index in [-0.39, 0.29) is 40.5 Å². The third-order valence-corrected chi connectivity index (χ3v) is 8.25. The predicted molar refractivity (Wildman–Crippen MR) is 136 cm³/mol. The largest absolute Gasteiger partial charge is 0.306 e. The molecular weight excluding hydrogens is 487 g/mol. The highest BCUT2D eigenvalue weighted by atomic mass is 35.5. The number of nitrogens with one attached hydrogen (secondary N) is 2. The summed E-state index contributed by atoms with van der Waals surface area (Å²) in [5.41, 5.74) is 1.22. The van der Waals surface area contributed by atoms with Gasteiger partial charge in [-0.1, -0.05) is 78.5 Å². The van der Waals surface area contributed by atoms with Crippen LogP contribution < -0.4 is 10.0 Å². The van der Waals surface area contributed by atoms with E-state index >= 15 is 0 Å². The predicted octanol–water partition coefficient (Wildman–Crippen LogP) is 6.51. The van der Waals surface area contributed by atoms with Crippen LogP contribution in [0.1, 0.15) is 44.2 Å². The topological polar surface area (TPSA) is 58.2 Å². The van der Waals surface area contributed by atoms with Gasteiger partial charge in [-0.05, 0) is 54.3 Å². The van der Waals surface area contributed by atoms with Gasteiger partial charge in [-0.3, -0.25) is 0 Å². The summed E-state index contributed by atoms with van der Waals surface area (Å²) in [6.07, 6.45) is 3.78. The average molecular weight is 514 g/mol. The Morgan fingerprint density at radius 2 is 1.59 bits per heavy atom. The molecule has 172 valence electrons. The molecule has 1 fully saturated rings. The van der Waals surface area contributed by atoms with Crippen molar-refractivity contribution in [3.8, 4) is 0 Å². The maximum Gasteiger partial charge on any atom is 0.240 e. The summed E-state index contributed by atoms with van der Waals surface area (Å²) in [7, 11) is -3.70. The first kappa shape index (κ1) is 25.3. The van der Waals surface area contributed by atoms with Gasteiger partial charge in [-0.15, -0.1) is 12.4 Å². The Morgan fingerprint density at radius 3 is 2.34 bits per heavy atom. The Bertz CT molecular complexity index is 1180. The number of hydrogen-bond acceptors (Lipinski definition) is 3. The first-order chi connectivity index (χ1) is 14.8. The van der Waals surface area contributed by atoms with Crippen molar-refractivity contribution >= 4 is 56.4 Å². The number of halogens is 3. The van der Waals surface area contributed by atoms with Crippen LogP contribution in [0.3, 0.4) is 0 Å². The van der Waals surface area contributed by atoms with E-state index in [2.05, 4.69) is 47.3 Å². The second-order valence-electron chi connectivity index (χ2n) is 8.15. The molecule has 3 aromatic rings. The van der Waals surface area contributed by atoms with Crippen LogP contribution in [0.4, 0.5) is 0 Å². The van der Waals surface area contributed by atoms with Gasteiger partial charge in [-0.2, -0.15) is 0 Å². The zero-order valence-electron chi connectivity index (χ0n) is 17.7. The molecular formula is C24H27Cl3N2O2S. The maximum atomic E-state index is 13.0. The minimum absolute atomic E-state index is 0. The molecule has 3 atom stereocenters. The van der Waals surface area contributed by atoms with Crippen LogP contribution in [-0.2, 0) is 10.0 Å². The van der Waals surface area contributed by atoms with Crippen LogP contribution in [0.2, 0.25) is 10.0 Å². The first-order valence-corrected chi connectivity index (χ1v) is 12.8. The molecule has 32 heavy (non-hydrogen) atoms. The summed E-state index contributed by atoms with van der Waals surface area (Å²) in [5, 5.41) is 6.68. The Labute approximate surface area is 206 Å². The lowest BCUT2D eigenvalue weighted by atomic mass is 9.89. The Kier molecular flexibility index (Phi) is 8.48. The lowest BCUT2D eigenvalue weighted by molar-refractivity contribution is 0.291. The second-order valence-corrected chi connectivity index (χ2v) is 10.7. The van der Waals surface area contributed by atoms with Gasteiger partial charge in [0.15, 0.2) is 0 Å². The number of sulfonamides is 1. The smallest absolute Gasteiger partial charge is 0.240 e. The number of rotatable bonds is 6. The summed E-state index contributed by atoms with van der Waals surface area (Å²) in [4.78, 5) is 0.133. The van der Waals surface area contributed by atoms with E-state index in [1.165, 1.54) is 34.5 Å². The Hall–Kier alpha value is -1.34. The van der Waals surface area contributed by atoms with Crippen LogP contribution in [-0.4, -0.2) is 20.5 Å². The van der Waals surface area contributed by atoms with Crippen molar-refractivity contribution in [1.82, 2.24) is 10.0 Å². The lowest BCUT2D eigenvalue weighted by Crippen LogP contribution is -2.52. The van der Waals surface area contributed by atoms with E-state index in [0.717, 1.165) is 25.7 Å². The maximum absolute atomic E-state index is 13.0.